The summed E-state index contributed by atoms with van der Waals surface area (Å²) in [7, 11) is 0. The smallest absolute Gasteiger partial charge is 0.234 e. The predicted octanol–water partition coefficient (Wildman–Crippen LogP) is 4.92. The van der Waals surface area contributed by atoms with Crippen LogP contribution in [0.1, 0.15) is 25.3 Å². The van der Waals surface area contributed by atoms with Crippen molar-refractivity contribution in [2.45, 2.75) is 26.7 Å². The van der Waals surface area contributed by atoms with Crippen molar-refractivity contribution in [2.24, 2.45) is 0 Å². The molecule has 0 saturated heterocycles. The number of aryl methyl sites for hydroxylation is 1. The van der Waals surface area contributed by atoms with Crippen molar-refractivity contribution in [3.05, 3.63) is 54.1 Å². The molecule has 2 aromatic rings. The number of nitrogens with one attached hydrogen (secondary N) is 1. The summed E-state index contributed by atoms with van der Waals surface area (Å²) in [4.78, 5) is 11.9. The Labute approximate surface area is 160 Å². The maximum absolute atomic E-state index is 11.9. The standard InChI is InChI=1S/C21H27NO3S/c1-3-24-19-12-8-18(9-13-19)22-21(23)16-26-15-5-4-14-25-20-10-6-17(2)7-11-20/h6-13H,3-5,14-16H2,1-2H3,(H,22,23). The lowest BCUT2D eigenvalue weighted by Gasteiger charge is -2.08. The summed E-state index contributed by atoms with van der Waals surface area (Å²) in [5.41, 5.74) is 2.03. The summed E-state index contributed by atoms with van der Waals surface area (Å²) in [5, 5.41) is 2.90. The number of rotatable bonds is 11. The average molecular weight is 374 g/mol. The molecule has 0 aliphatic carbocycles. The van der Waals surface area contributed by atoms with Crippen LogP contribution in [-0.4, -0.2) is 30.6 Å². The Hall–Kier alpha value is -2.14. The number of carbonyl (C=O) groups excluding carboxylic acids is 1. The molecule has 0 atom stereocenters. The number of unbranched alkanes of at least 4 members (excludes halogenated alkanes) is 1. The van der Waals surface area contributed by atoms with Crippen LogP contribution < -0.4 is 14.8 Å². The molecule has 5 heteroatoms. The summed E-state index contributed by atoms with van der Waals surface area (Å²) in [6.07, 6.45) is 2.02. The van der Waals surface area contributed by atoms with Gasteiger partial charge in [-0.05, 0) is 68.8 Å². The van der Waals surface area contributed by atoms with E-state index in [1.807, 2.05) is 55.5 Å². The van der Waals surface area contributed by atoms with E-state index in [0.717, 1.165) is 35.8 Å². The number of carbonyl (C=O) groups is 1. The van der Waals surface area contributed by atoms with E-state index in [1.54, 1.807) is 11.8 Å². The van der Waals surface area contributed by atoms with Gasteiger partial charge in [0, 0.05) is 5.69 Å². The molecule has 0 aliphatic rings. The largest absolute Gasteiger partial charge is 0.494 e. The van der Waals surface area contributed by atoms with Crippen LogP contribution in [0.25, 0.3) is 0 Å². The SMILES string of the molecule is CCOc1ccc(NC(=O)CSCCCCOc2ccc(C)cc2)cc1. The highest BCUT2D eigenvalue weighted by atomic mass is 32.2. The maximum atomic E-state index is 11.9. The zero-order chi connectivity index (χ0) is 18.6. The molecule has 0 spiro atoms. The third-order valence-corrected chi connectivity index (χ3v) is 4.70. The van der Waals surface area contributed by atoms with Gasteiger partial charge in [0.25, 0.3) is 0 Å². The summed E-state index contributed by atoms with van der Waals surface area (Å²) < 4.78 is 11.1. The van der Waals surface area contributed by atoms with E-state index in [2.05, 4.69) is 12.2 Å². The summed E-state index contributed by atoms with van der Waals surface area (Å²) in [6.45, 7) is 5.36. The first-order valence-electron chi connectivity index (χ1n) is 8.97. The molecule has 4 nitrogen and oxygen atoms in total. The average Bonchev–Trinajstić information content (AvgIpc) is 2.64. The van der Waals surface area contributed by atoms with Crippen LogP contribution in [-0.2, 0) is 4.79 Å². The lowest BCUT2D eigenvalue weighted by atomic mass is 10.2. The second-order valence-electron chi connectivity index (χ2n) is 5.93. The number of hydrogen-bond donors (Lipinski definition) is 1. The van der Waals surface area contributed by atoms with Gasteiger partial charge in [0.2, 0.25) is 5.91 Å². The minimum absolute atomic E-state index is 0.0232. The lowest BCUT2D eigenvalue weighted by molar-refractivity contribution is -0.113. The number of amides is 1. The molecule has 140 valence electrons. The van der Waals surface area contributed by atoms with E-state index in [1.165, 1.54) is 5.56 Å². The van der Waals surface area contributed by atoms with Crippen molar-refractivity contribution in [1.29, 1.82) is 0 Å². The predicted molar refractivity (Wildman–Crippen MR) is 109 cm³/mol. The first-order chi connectivity index (χ1) is 12.7. The Morgan fingerprint density at radius 3 is 2.31 bits per heavy atom. The first kappa shape index (κ1) is 20.2. The quantitative estimate of drug-likeness (QED) is 0.568. The highest BCUT2D eigenvalue weighted by Crippen LogP contribution is 2.16. The molecule has 26 heavy (non-hydrogen) atoms. The summed E-state index contributed by atoms with van der Waals surface area (Å²) in [5.74, 6) is 3.17. The Kier molecular flexibility index (Phi) is 8.90. The van der Waals surface area contributed by atoms with E-state index < -0.39 is 0 Å². The summed E-state index contributed by atoms with van der Waals surface area (Å²) in [6, 6.07) is 15.5. The van der Waals surface area contributed by atoms with Gasteiger partial charge in [-0.1, -0.05) is 17.7 Å². The number of hydrogen-bond acceptors (Lipinski definition) is 4. The van der Waals surface area contributed by atoms with E-state index in [4.69, 9.17) is 9.47 Å². The molecule has 0 aromatic heterocycles. The van der Waals surface area contributed by atoms with Crippen LogP contribution in [0.5, 0.6) is 11.5 Å². The number of benzene rings is 2. The maximum Gasteiger partial charge on any atom is 0.234 e. The van der Waals surface area contributed by atoms with Crippen LogP contribution in [0.2, 0.25) is 0 Å². The van der Waals surface area contributed by atoms with Crippen LogP contribution >= 0.6 is 11.8 Å². The molecule has 1 N–H and O–H groups in total. The zero-order valence-corrected chi connectivity index (χ0v) is 16.3. The molecule has 0 radical (unpaired) electrons. The minimum Gasteiger partial charge on any atom is -0.494 e. The Morgan fingerprint density at radius 2 is 1.62 bits per heavy atom. The zero-order valence-electron chi connectivity index (χ0n) is 15.5. The van der Waals surface area contributed by atoms with Crippen LogP contribution in [0.3, 0.4) is 0 Å². The highest BCUT2D eigenvalue weighted by Gasteiger charge is 2.03. The molecule has 2 rings (SSSR count). The van der Waals surface area contributed by atoms with E-state index in [9.17, 15) is 4.79 Å². The summed E-state index contributed by atoms with van der Waals surface area (Å²) >= 11 is 1.65. The molecule has 1 amide bonds. The topological polar surface area (TPSA) is 47.6 Å². The Morgan fingerprint density at radius 1 is 0.962 bits per heavy atom. The fourth-order valence-electron chi connectivity index (χ4n) is 2.29. The second kappa shape index (κ2) is 11.5. The molecule has 0 aliphatic heterocycles. The molecular formula is C21H27NO3S. The van der Waals surface area contributed by atoms with E-state index >= 15 is 0 Å². The number of anilines is 1. The highest BCUT2D eigenvalue weighted by molar-refractivity contribution is 7.99. The van der Waals surface area contributed by atoms with Crippen molar-refractivity contribution >= 4 is 23.4 Å². The van der Waals surface area contributed by atoms with Gasteiger partial charge in [-0.2, -0.15) is 11.8 Å². The van der Waals surface area contributed by atoms with Gasteiger partial charge in [0.1, 0.15) is 11.5 Å². The molecule has 0 bridgehead atoms. The van der Waals surface area contributed by atoms with Gasteiger partial charge in [-0.25, -0.2) is 0 Å². The molecule has 0 unspecified atom stereocenters. The minimum atomic E-state index is 0.0232. The van der Waals surface area contributed by atoms with Gasteiger partial charge < -0.3 is 14.8 Å². The number of ether oxygens (including phenoxy) is 2. The van der Waals surface area contributed by atoms with Crippen molar-refractivity contribution in [2.75, 3.05) is 30.0 Å². The molecule has 2 aromatic carbocycles. The van der Waals surface area contributed by atoms with Crippen LogP contribution in [0.4, 0.5) is 5.69 Å². The van der Waals surface area contributed by atoms with Crippen LogP contribution in [0, 0.1) is 6.92 Å². The van der Waals surface area contributed by atoms with Gasteiger partial charge in [-0.15, -0.1) is 0 Å². The van der Waals surface area contributed by atoms with Crippen molar-refractivity contribution in [3.8, 4) is 11.5 Å². The molecule has 0 saturated carbocycles. The van der Waals surface area contributed by atoms with Gasteiger partial charge in [0.05, 0.1) is 19.0 Å². The molecule has 0 heterocycles. The molecule has 0 fully saturated rings. The van der Waals surface area contributed by atoms with Gasteiger partial charge in [-0.3, -0.25) is 4.79 Å². The van der Waals surface area contributed by atoms with Crippen molar-refractivity contribution in [3.63, 3.8) is 0 Å². The Balaban J connectivity index is 1.52. The normalized spacial score (nSPS) is 10.4. The fraction of sp³-hybridized carbons (Fsp3) is 0.381. The fourth-order valence-corrected chi connectivity index (χ4v) is 3.10. The van der Waals surface area contributed by atoms with Gasteiger partial charge >= 0.3 is 0 Å². The van der Waals surface area contributed by atoms with Crippen LogP contribution in [0.15, 0.2) is 48.5 Å². The Bertz CT molecular complexity index is 656. The third kappa shape index (κ3) is 7.83. The first-order valence-corrected chi connectivity index (χ1v) is 10.1. The lowest BCUT2D eigenvalue weighted by Crippen LogP contribution is -2.14. The van der Waals surface area contributed by atoms with Gasteiger partial charge in [0.15, 0.2) is 0 Å². The number of thioether (sulfide) groups is 1. The second-order valence-corrected chi connectivity index (χ2v) is 7.03. The van der Waals surface area contributed by atoms with E-state index in [0.29, 0.717) is 19.0 Å². The van der Waals surface area contributed by atoms with E-state index in [-0.39, 0.29) is 5.91 Å². The van der Waals surface area contributed by atoms with Crippen molar-refractivity contribution in [1.82, 2.24) is 0 Å². The monoisotopic (exact) mass is 373 g/mol. The third-order valence-electron chi connectivity index (χ3n) is 3.65. The van der Waals surface area contributed by atoms with Crippen molar-refractivity contribution < 1.29 is 14.3 Å². The molecular weight excluding hydrogens is 346 g/mol.